The first-order valence-electron chi connectivity index (χ1n) is 8.39. The van der Waals surface area contributed by atoms with E-state index in [0.29, 0.717) is 21.5 Å². The third kappa shape index (κ3) is 2.89. The number of para-hydroxylation sites is 1. The fraction of sp³-hybridized carbons (Fsp3) is 0.100. The monoisotopic (exact) mass is 394 g/mol. The molecule has 1 N–H and O–H groups in total. The fourth-order valence-electron chi connectivity index (χ4n) is 3.21. The SMILES string of the molecule is O=C1/C(=C/c2c[nH]c3ccccc23)SC(=S)N1Cc1ccc2c(c1)OCO2. The number of benzene rings is 2. The lowest BCUT2D eigenvalue weighted by Crippen LogP contribution is -2.27. The summed E-state index contributed by atoms with van der Waals surface area (Å²) in [7, 11) is 0. The molecule has 0 unspecified atom stereocenters. The van der Waals surface area contributed by atoms with Crippen LogP contribution in [0.3, 0.4) is 0 Å². The number of aromatic amines is 1. The van der Waals surface area contributed by atoms with Gasteiger partial charge in [-0.3, -0.25) is 9.69 Å². The minimum atomic E-state index is -0.0760. The number of rotatable bonds is 3. The van der Waals surface area contributed by atoms with E-state index in [9.17, 15) is 4.79 Å². The summed E-state index contributed by atoms with van der Waals surface area (Å²) in [5, 5.41) is 1.08. The van der Waals surface area contributed by atoms with Crippen LogP contribution in [-0.4, -0.2) is 26.9 Å². The summed E-state index contributed by atoms with van der Waals surface area (Å²) >= 11 is 6.78. The van der Waals surface area contributed by atoms with Gasteiger partial charge >= 0.3 is 0 Å². The van der Waals surface area contributed by atoms with Gasteiger partial charge in [-0.15, -0.1) is 0 Å². The van der Waals surface area contributed by atoms with Gasteiger partial charge in [0.2, 0.25) is 6.79 Å². The van der Waals surface area contributed by atoms with Crippen molar-refractivity contribution in [2.24, 2.45) is 0 Å². The van der Waals surface area contributed by atoms with Crippen LogP contribution >= 0.6 is 24.0 Å². The van der Waals surface area contributed by atoms with Crippen molar-refractivity contribution >= 4 is 51.2 Å². The zero-order chi connectivity index (χ0) is 18.4. The zero-order valence-electron chi connectivity index (χ0n) is 14.1. The molecule has 1 saturated heterocycles. The molecule has 1 amide bonds. The molecule has 0 saturated carbocycles. The van der Waals surface area contributed by atoms with Gasteiger partial charge in [0.25, 0.3) is 5.91 Å². The van der Waals surface area contributed by atoms with Gasteiger partial charge in [-0.05, 0) is 29.8 Å². The molecule has 1 aromatic heterocycles. The first kappa shape index (κ1) is 16.4. The summed E-state index contributed by atoms with van der Waals surface area (Å²) in [6.45, 7) is 0.639. The second-order valence-corrected chi connectivity index (χ2v) is 7.92. The van der Waals surface area contributed by atoms with Crippen molar-refractivity contribution in [3.05, 3.63) is 64.7 Å². The van der Waals surface area contributed by atoms with Crippen molar-refractivity contribution in [2.75, 3.05) is 6.79 Å². The molecule has 2 aromatic carbocycles. The van der Waals surface area contributed by atoms with Crippen LogP contribution in [0.1, 0.15) is 11.1 Å². The molecular formula is C20H14N2O3S2. The molecule has 0 radical (unpaired) electrons. The number of aromatic nitrogens is 1. The maximum atomic E-state index is 12.9. The quantitative estimate of drug-likeness (QED) is 0.530. The summed E-state index contributed by atoms with van der Waals surface area (Å²) < 4.78 is 11.3. The van der Waals surface area contributed by atoms with E-state index in [0.717, 1.165) is 27.8 Å². The van der Waals surface area contributed by atoms with Crippen molar-refractivity contribution in [2.45, 2.75) is 6.54 Å². The first-order valence-corrected chi connectivity index (χ1v) is 9.61. The standard InChI is InChI=1S/C20H14N2O3S2/c23-19-18(8-13-9-21-15-4-2-1-3-14(13)15)27-20(26)22(19)10-12-5-6-16-17(7-12)25-11-24-16/h1-9,21H,10-11H2/b18-8-. The molecular weight excluding hydrogens is 380 g/mol. The Morgan fingerprint density at radius 1 is 1.19 bits per heavy atom. The molecule has 5 nitrogen and oxygen atoms in total. The molecule has 0 spiro atoms. The van der Waals surface area contributed by atoms with E-state index in [1.807, 2.05) is 54.7 Å². The lowest BCUT2D eigenvalue weighted by molar-refractivity contribution is -0.122. The van der Waals surface area contributed by atoms with Gasteiger partial charge in [-0.1, -0.05) is 48.2 Å². The second-order valence-electron chi connectivity index (χ2n) is 6.25. The molecule has 134 valence electrons. The smallest absolute Gasteiger partial charge is 0.266 e. The van der Waals surface area contributed by atoms with Crippen LogP contribution < -0.4 is 9.47 Å². The van der Waals surface area contributed by atoms with E-state index >= 15 is 0 Å². The number of thiocarbonyl (C=S) groups is 1. The highest BCUT2D eigenvalue weighted by Crippen LogP contribution is 2.37. The van der Waals surface area contributed by atoms with Crippen LogP contribution in [0.15, 0.2) is 53.6 Å². The number of nitrogens with one attached hydrogen (secondary N) is 1. The van der Waals surface area contributed by atoms with Crippen molar-refractivity contribution in [3.8, 4) is 11.5 Å². The summed E-state index contributed by atoms with van der Waals surface area (Å²) in [6, 6.07) is 13.7. The number of fused-ring (bicyclic) bond motifs is 2. The Balaban J connectivity index is 1.41. The molecule has 2 aliphatic rings. The predicted octanol–water partition coefficient (Wildman–Crippen LogP) is 4.30. The molecule has 0 aliphatic carbocycles. The number of amides is 1. The average Bonchev–Trinajstić information content (AvgIpc) is 3.37. The van der Waals surface area contributed by atoms with E-state index in [1.54, 1.807) is 4.90 Å². The molecule has 3 aromatic rings. The number of hydrogen-bond acceptors (Lipinski definition) is 5. The molecule has 0 bridgehead atoms. The minimum Gasteiger partial charge on any atom is -0.454 e. The topological polar surface area (TPSA) is 54.6 Å². The summed E-state index contributed by atoms with van der Waals surface area (Å²) in [5.74, 6) is 1.35. The summed E-state index contributed by atoms with van der Waals surface area (Å²) in [4.78, 5) is 18.4. The van der Waals surface area contributed by atoms with Crippen LogP contribution in [-0.2, 0) is 11.3 Å². The molecule has 5 rings (SSSR count). The summed E-state index contributed by atoms with van der Waals surface area (Å²) in [6.07, 6.45) is 3.81. The van der Waals surface area contributed by atoms with E-state index < -0.39 is 0 Å². The van der Waals surface area contributed by atoms with E-state index in [4.69, 9.17) is 21.7 Å². The molecule has 0 atom stereocenters. The minimum absolute atomic E-state index is 0.0760. The second kappa shape index (κ2) is 6.44. The number of hydrogen-bond donors (Lipinski definition) is 1. The van der Waals surface area contributed by atoms with Crippen LogP contribution in [0.4, 0.5) is 0 Å². The number of carbonyl (C=O) groups is 1. The molecule has 3 heterocycles. The number of ether oxygens (including phenoxy) is 2. The Bertz CT molecular complexity index is 1120. The van der Waals surface area contributed by atoms with Gasteiger partial charge in [0, 0.05) is 22.7 Å². The normalized spacial score (nSPS) is 17.5. The molecule has 2 aliphatic heterocycles. The number of H-pyrrole nitrogens is 1. The Morgan fingerprint density at radius 2 is 2.04 bits per heavy atom. The molecule has 7 heteroatoms. The van der Waals surface area contributed by atoms with Crippen molar-refractivity contribution < 1.29 is 14.3 Å². The Hall–Kier alpha value is -2.77. The Labute approximate surface area is 164 Å². The molecule has 27 heavy (non-hydrogen) atoms. The number of thioether (sulfide) groups is 1. The lowest BCUT2D eigenvalue weighted by atomic mass is 10.1. The maximum absolute atomic E-state index is 12.9. The van der Waals surface area contributed by atoms with Gasteiger partial charge in [0.15, 0.2) is 11.5 Å². The first-order chi connectivity index (χ1) is 13.2. The van der Waals surface area contributed by atoms with Crippen LogP contribution in [0.2, 0.25) is 0 Å². The van der Waals surface area contributed by atoms with Crippen LogP contribution in [0, 0.1) is 0 Å². The third-order valence-electron chi connectivity index (χ3n) is 4.56. The van der Waals surface area contributed by atoms with Gasteiger partial charge < -0.3 is 14.5 Å². The van der Waals surface area contributed by atoms with E-state index in [-0.39, 0.29) is 12.7 Å². The number of nitrogens with zero attached hydrogens (tertiary/aromatic N) is 1. The van der Waals surface area contributed by atoms with Gasteiger partial charge in [0.1, 0.15) is 4.32 Å². The maximum Gasteiger partial charge on any atom is 0.266 e. The zero-order valence-corrected chi connectivity index (χ0v) is 15.7. The lowest BCUT2D eigenvalue weighted by Gasteiger charge is -2.14. The van der Waals surface area contributed by atoms with Crippen LogP contribution in [0.25, 0.3) is 17.0 Å². The summed E-state index contributed by atoms with van der Waals surface area (Å²) in [5.41, 5.74) is 2.97. The van der Waals surface area contributed by atoms with E-state index in [2.05, 4.69) is 4.98 Å². The highest BCUT2D eigenvalue weighted by Gasteiger charge is 2.32. The Kier molecular flexibility index (Phi) is 3.91. The van der Waals surface area contributed by atoms with Gasteiger partial charge in [0.05, 0.1) is 11.4 Å². The highest BCUT2D eigenvalue weighted by molar-refractivity contribution is 8.26. The van der Waals surface area contributed by atoms with Gasteiger partial charge in [-0.25, -0.2) is 0 Å². The highest BCUT2D eigenvalue weighted by atomic mass is 32.2. The third-order valence-corrected chi connectivity index (χ3v) is 5.94. The predicted molar refractivity (Wildman–Crippen MR) is 110 cm³/mol. The van der Waals surface area contributed by atoms with Crippen molar-refractivity contribution in [1.29, 1.82) is 0 Å². The largest absolute Gasteiger partial charge is 0.454 e. The van der Waals surface area contributed by atoms with Crippen molar-refractivity contribution in [1.82, 2.24) is 9.88 Å². The number of carbonyl (C=O) groups excluding carboxylic acids is 1. The van der Waals surface area contributed by atoms with Crippen molar-refractivity contribution in [3.63, 3.8) is 0 Å². The fourth-order valence-corrected chi connectivity index (χ4v) is 4.46. The molecule has 1 fully saturated rings. The van der Waals surface area contributed by atoms with E-state index in [1.165, 1.54) is 11.8 Å². The van der Waals surface area contributed by atoms with Gasteiger partial charge in [-0.2, -0.15) is 0 Å². The Morgan fingerprint density at radius 3 is 2.96 bits per heavy atom. The average molecular weight is 394 g/mol. The van der Waals surface area contributed by atoms with Crippen LogP contribution in [0.5, 0.6) is 11.5 Å².